The molecule has 0 aliphatic rings. The van der Waals surface area contributed by atoms with Crippen molar-refractivity contribution in [2.24, 2.45) is 0 Å². The summed E-state index contributed by atoms with van der Waals surface area (Å²) >= 11 is 0. The molecule has 98 valence electrons. The number of ether oxygens (including phenoxy) is 1. The van der Waals surface area contributed by atoms with Crippen molar-refractivity contribution < 1.29 is 19.1 Å². The number of benzene rings is 1. The first-order valence-electron chi connectivity index (χ1n) is 5.86. The number of carbonyl (C=O) groups is 1. The number of esters is 1. The van der Waals surface area contributed by atoms with E-state index in [-0.39, 0.29) is 6.61 Å². The number of hydrogen-bond donors (Lipinski definition) is 2. The molecule has 0 unspecified atom stereocenters. The quantitative estimate of drug-likeness (QED) is 0.332. The van der Waals surface area contributed by atoms with Crippen molar-refractivity contribution in [1.82, 2.24) is 0 Å². The smallest absolute Gasteiger partial charge is 0.367 e. The maximum atomic E-state index is 10.8. The molecule has 1 aromatic carbocycles. The van der Waals surface area contributed by atoms with Crippen LogP contribution < -0.4 is 5.19 Å². The van der Waals surface area contributed by atoms with Crippen LogP contribution in [0.1, 0.15) is 12.8 Å². The predicted molar refractivity (Wildman–Crippen MR) is 71.5 cm³/mol. The lowest BCUT2D eigenvalue weighted by molar-refractivity contribution is -0.137. The molecule has 0 fully saturated rings. The van der Waals surface area contributed by atoms with Gasteiger partial charge in [0, 0.05) is 6.08 Å². The Morgan fingerprint density at radius 3 is 2.56 bits per heavy atom. The minimum Gasteiger partial charge on any atom is -0.463 e. The standard InChI is InChI=1S/C13H18O4Si/c1-2-13(14)17-10-6-7-11-18(15,16)12-8-4-3-5-9-12/h2-5,8-9,15-16H,1,6-7,10-11H2. The highest BCUT2D eigenvalue weighted by molar-refractivity contribution is 6.78. The van der Waals surface area contributed by atoms with Gasteiger partial charge in [-0.25, -0.2) is 4.79 Å². The van der Waals surface area contributed by atoms with E-state index in [2.05, 4.69) is 6.58 Å². The molecule has 0 heterocycles. The lowest BCUT2D eigenvalue weighted by atomic mass is 10.3. The van der Waals surface area contributed by atoms with Crippen LogP contribution >= 0.6 is 0 Å². The van der Waals surface area contributed by atoms with Gasteiger partial charge in [0.2, 0.25) is 0 Å². The molecular weight excluding hydrogens is 248 g/mol. The largest absolute Gasteiger partial charge is 0.463 e. The molecule has 0 bridgehead atoms. The molecule has 0 atom stereocenters. The molecule has 2 N–H and O–H groups in total. The van der Waals surface area contributed by atoms with E-state index in [0.717, 1.165) is 6.08 Å². The second-order valence-corrected chi connectivity index (χ2v) is 6.72. The maximum absolute atomic E-state index is 10.8. The van der Waals surface area contributed by atoms with Crippen LogP contribution in [0.15, 0.2) is 43.0 Å². The second-order valence-electron chi connectivity index (χ2n) is 4.01. The molecule has 4 nitrogen and oxygen atoms in total. The van der Waals surface area contributed by atoms with Crippen LogP contribution in [0.3, 0.4) is 0 Å². The summed E-state index contributed by atoms with van der Waals surface area (Å²) in [6.45, 7) is 3.57. The van der Waals surface area contributed by atoms with E-state index in [1.807, 2.05) is 6.07 Å². The molecule has 1 aromatic rings. The Bertz CT molecular complexity index is 389. The van der Waals surface area contributed by atoms with E-state index in [4.69, 9.17) is 4.74 Å². The number of unbranched alkanes of at least 4 members (excludes halogenated alkanes) is 1. The Balaban J connectivity index is 2.30. The zero-order valence-corrected chi connectivity index (χ0v) is 11.2. The summed E-state index contributed by atoms with van der Waals surface area (Å²) in [6, 6.07) is 9.20. The summed E-state index contributed by atoms with van der Waals surface area (Å²) < 4.78 is 4.81. The molecule has 0 aliphatic heterocycles. The van der Waals surface area contributed by atoms with E-state index < -0.39 is 14.5 Å². The first-order valence-corrected chi connectivity index (χ1v) is 7.96. The first kappa shape index (κ1) is 14.6. The van der Waals surface area contributed by atoms with E-state index in [9.17, 15) is 14.4 Å². The SMILES string of the molecule is C=CC(=O)OCCCC[Si](O)(O)c1ccccc1. The van der Waals surface area contributed by atoms with Gasteiger partial charge < -0.3 is 14.3 Å². The van der Waals surface area contributed by atoms with Crippen molar-refractivity contribution >= 4 is 19.7 Å². The van der Waals surface area contributed by atoms with Crippen LogP contribution in [-0.2, 0) is 9.53 Å². The molecule has 0 amide bonds. The Morgan fingerprint density at radius 2 is 1.94 bits per heavy atom. The molecule has 0 radical (unpaired) electrons. The van der Waals surface area contributed by atoms with Crippen molar-refractivity contribution in [3.63, 3.8) is 0 Å². The van der Waals surface area contributed by atoms with E-state index in [1.54, 1.807) is 24.3 Å². The fraction of sp³-hybridized carbons (Fsp3) is 0.308. The zero-order chi connectivity index (χ0) is 13.4. The maximum Gasteiger partial charge on any atom is 0.367 e. The number of hydrogen-bond acceptors (Lipinski definition) is 4. The van der Waals surface area contributed by atoms with Crippen molar-refractivity contribution in [2.75, 3.05) is 6.61 Å². The lowest BCUT2D eigenvalue weighted by Gasteiger charge is -2.17. The fourth-order valence-corrected chi connectivity index (χ4v) is 3.31. The molecule has 0 aromatic heterocycles. The van der Waals surface area contributed by atoms with Gasteiger partial charge in [-0.15, -0.1) is 0 Å². The first-order chi connectivity index (χ1) is 8.56. The van der Waals surface area contributed by atoms with Gasteiger partial charge in [-0.1, -0.05) is 36.9 Å². The average Bonchev–Trinajstić information content (AvgIpc) is 2.39. The monoisotopic (exact) mass is 266 g/mol. The number of rotatable bonds is 7. The van der Waals surface area contributed by atoms with Gasteiger partial charge in [0.15, 0.2) is 0 Å². The van der Waals surface area contributed by atoms with Gasteiger partial charge in [0.05, 0.1) is 6.61 Å². The van der Waals surface area contributed by atoms with Crippen LogP contribution in [0.5, 0.6) is 0 Å². The molecule has 0 saturated heterocycles. The van der Waals surface area contributed by atoms with E-state index in [1.165, 1.54) is 0 Å². The lowest BCUT2D eigenvalue weighted by Crippen LogP contribution is -2.48. The second kappa shape index (κ2) is 7.10. The van der Waals surface area contributed by atoms with Crippen molar-refractivity contribution in [3.05, 3.63) is 43.0 Å². The minimum absolute atomic E-state index is 0.282. The third-order valence-electron chi connectivity index (χ3n) is 2.57. The molecule has 0 spiro atoms. The third-order valence-corrected chi connectivity index (χ3v) is 4.88. The Hall–Kier alpha value is -1.43. The fourth-order valence-electron chi connectivity index (χ4n) is 1.55. The topological polar surface area (TPSA) is 66.8 Å². The normalized spacial score (nSPS) is 11.0. The predicted octanol–water partition coefficient (Wildman–Crippen LogP) is 0.830. The third kappa shape index (κ3) is 4.83. The van der Waals surface area contributed by atoms with Gasteiger partial charge in [-0.05, 0) is 24.1 Å². The molecule has 1 rings (SSSR count). The van der Waals surface area contributed by atoms with Crippen LogP contribution in [0, 0.1) is 0 Å². The van der Waals surface area contributed by atoms with Crippen molar-refractivity contribution in [2.45, 2.75) is 18.9 Å². The average molecular weight is 266 g/mol. The summed E-state index contributed by atoms with van der Waals surface area (Å²) in [6.07, 6.45) is 2.34. The molecular formula is C13H18O4Si. The molecule has 0 saturated carbocycles. The number of carbonyl (C=O) groups excluding carboxylic acids is 1. The Labute approximate surface area is 108 Å². The van der Waals surface area contributed by atoms with Crippen LogP contribution in [-0.4, -0.2) is 30.7 Å². The van der Waals surface area contributed by atoms with Crippen molar-refractivity contribution in [1.29, 1.82) is 0 Å². The molecule has 0 aliphatic carbocycles. The summed E-state index contributed by atoms with van der Waals surface area (Å²) in [5.41, 5.74) is 0. The highest BCUT2D eigenvalue weighted by atomic mass is 28.4. The summed E-state index contributed by atoms with van der Waals surface area (Å²) in [5, 5.41) is 0.605. The van der Waals surface area contributed by atoms with Crippen LogP contribution in [0.4, 0.5) is 0 Å². The van der Waals surface area contributed by atoms with E-state index >= 15 is 0 Å². The summed E-state index contributed by atoms with van der Waals surface area (Å²) in [4.78, 5) is 30.8. The van der Waals surface area contributed by atoms with E-state index in [0.29, 0.717) is 24.1 Å². The van der Waals surface area contributed by atoms with Gasteiger partial charge >= 0.3 is 14.5 Å². The van der Waals surface area contributed by atoms with Gasteiger partial charge in [-0.2, -0.15) is 0 Å². The Kier molecular flexibility index (Phi) is 5.77. The Morgan fingerprint density at radius 1 is 1.28 bits per heavy atom. The van der Waals surface area contributed by atoms with Crippen LogP contribution in [0.25, 0.3) is 0 Å². The van der Waals surface area contributed by atoms with Gasteiger partial charge in [0.25, 0.3) is 0 Å². The zero-order valence-electron chi connectivity index (χ0n) is 10.2. The van der Waals surface area contributed by atoms with Gasteiger partial charge in [0.1, 0.15) is 0 Å². The van der Waals surface area contributed by atoms with Crippen LogP contribution in [0.2, 0.25) is 6.04 Å². The highest BCUT2D eigenvalue weighted by Gasteiger charge is 2.30. The molecule has 18 heavy (non-hydrogen) atoms. The molecule has 5 heteroatoms. The highest BCUT2D eigenvalue weighted by Crippen LogP contribution is 2.08. The minimum atomic E-state index is -3.33. The van der Waals surface area contributed by atoms with Gasteiger partial charge in [-0.3, -0.25) is 0 Å². The summed E-state index contributed by atoms with van der Waals surface area (Å²) in [5.74, 6) is -0.449. The summed E-state index contributed by atoms with van der Waals surface area (Å²) in [7, 11) is -3.33. The van der Waals surface area contributed by atoms with Crippen molar-refractivity contribution in [3.8, 4) is 0 Å².